The van der Waals surface area contributed by atoms with Crippen molar-refractivity contribution in [3.63, 3.8) is 0 Å². The lowest BCUT2D eigenvalue weighted by molar-refractivity contribution is -0.384. The van der Waals surface area contributed by atoms with Crippen molar-refractivity contribution in [3.8, 4) is 5.75 Å². The van der Waals surface area contributed by atoms with Crippen LogP contribution in [0.3, 0.4) is 0 Å². The molecule has 0 radical (unpaired) electrons. The van der Waals surface area contributed by atoms with Crippen LogP contribution in [0.5, 0.6) is 5.75 Å². The van der Waals surface area contributed by atoms with E-state index in [1.807, 2.05) is 12.1 Å². The van der Waals surface area contributed by atoms with Gasteiger partial charge < -0.3 is 10.1 Å². The number of nitrogens with zero attached hydrogens (tertiary/aromatic N) is 1. The summed E-state index contributed by atoms with van der Waals surface area (Å²) >= 11 is 5.03. The van der Waals surface area contributed by atoms with Crippen molar-refractivity contribution >= 4 is 40.7 Å². The lowest BCUT2D eigenvalue weighted by Crippen LogP contribution is -2.32. The minimum Gasteiger partial charge on any atom is -0.497 e. The predicted molar refractivity (Wildman–Crippen MR) is 99.5 cm³/mol. The molecule has 0 fully saturated rings. The molecular formula is C17H15N3O4S. The number of anilines is 1. The quantitative estimate of drug-likeness (QED) is 0.370. The summed E-state index contributed by atoms with van der Waals surface area (Å²) in [5.41, 5.74) is 1.35. The minimum absolute atomic E-state index is 0.0251. The summed E-state index contributed by atoms with van der Waals surface area (Å²) in [5, 5.41) is 16.0. The third-order valence-electron chi connectivity index (χ3n) is 3.12. The maximum atomic E-state index is 11.8. The number of carbonyl (C=O) groups is 1. The number of thiocarbonyl (C=S) groups is 1. The smallest absolute Gasteiger partial charge is 0.269 e. The van der Waals surface area contributed by atoms with E-state index in [2.05, 4.69) is 10.6 Å². The number of hydrogen-bond donors (Lipinski definition) is 2. The van der Waals surface area contributed by atoms with E-state index in [1.54, 1.807) is 25.3 Å². The van der Waals surface area contributed by atoms with Gasteiger partial charge in [0.1, 0.15) is 5.75 Å². The van der Waals surface area contributed by atoms with Crippen molar-refractivity contribution in [2.24, 2.45) is 0 Å². The zero-order valence-electron chi connectivity index (χ0n) is 13.3. The van der Waals surface area contributed by atoms with Crippen LogP contribution < -0.4 is 15.4 Å². The third kappa shape index (κ3) is 5.70. The number of nitrogens with one attached hydrogen (secondary N) is 2. The molecule has 2 N–H and O–H groups in total. The number of nitro benzene ring substituents is 1. The van der Waals surface area contributed by atoms with Crippen LogP contribution in [0.2, 0.25) is 0 Å². The van der Waals surface area contributed by atoms with Crippen LogP contribution in [0.25, 0.3) is 6.08 Å². The summed E-state index contributed by atoms with van der Waals surface area (Å²) < 4.78 is 5.06. The van der Waals surface area contributed by atoms with Gasteiger partial charge in [-0.3, -0.25) is 20.2 Å². The maximum Gasteiger partial charge on any atom is 0.269 e. The van der Waals surface area contributed by atoms with Gasteiger partial charge in [-0.1, -0.05) is 12.1 Å². The molecule has 2 aromatic rings. The van der Waals surface area contributed by atoms with Gasteiger partial charge in [0.05, 0.1) is 12.0 Å². The monoisotopic (exact) mass is 357 g/mol. The first kappa shape index (κ1) is 18.1. The average Bonchev–Trinajstić information content (AvgIpc) is 2.60. The second kappa shape index (κ2) is 8.55. The van der Waals surface area contributed by atoms with E-state index in [9.17, 15) is 14.9 Å². The molecule has 0 aromatic heterocycles. The Balaban J connectivity index is 1.87. The number of methoxy groups -OCH3 is 1. The molecule has 128 valence electrons. The topological polar surface area (TPSA) is 93.5 Å². The normalized spacial score (nSPS) is 10.3. The maximum absolute atomic E-state index is 11.8. The summed E-state index contributed by atoms with van der Waals surface area (Å²) in [6.45, 7) is 0. The van der Waals surface area contributed by atoms with Crippen LogP contribution in [0.1, 0.15) is 5.56 Å². The van der Waals surface area contributed by atoms with Crippen molar-refractivity contribution in [1.29, 1.82) is 0 Å². The Morgan fingerprint density at radius 1 is 1.16 bits per heavy atom. The summed E-state index contributed by atoms with van der Waals surface area (Å²) in [5.74, 6) is 0.338. The Morgan fingerprint density at radius 2 is 1.80 bits per heavy atom. The van der Waals surface area contributed by atoms with Crippen LogP contribution in [0.4, 0.5) is 11.4 Å². The molecule has 0 heterocycles. The number of benzene rings is 2. The lowest BCUT2D eigenvalue weighted by atomic mass is 10.2. The Morgan fingerprint density at radius 3 is 2.36 bits per heavy atom. The van der Waals surface area contributed by atoms with E-state index in [1.165, 1.54) is 30.3 Å². The molecule has 0 bridgehead atoms. The summed E-state index contributed by atoms with van der Waals surface area (Å²) in [6.07, 6.45) is 2.99. The van der Waals surface area contributed by atoms with E-state index in [4.69, 9.17) is 17.0 Å². The van der Waals surface area contributed by atoms with Gasteiger partial charge in [-0.25, -0.2) is 0 Å². The van der Waals surface area contributed by atoms with Crippen LogP contribution in [0.15, 0.2) is 54.6 Å². The van der Waals surface area contributed by atoms with Crippen molar-refractivity contribution in [2.45, 2.75) is 0 Å². The second-order valence-corrected chi connectivity index (χ2v) is 5.26. The highest BCUT2D eigenvalue weighted by atomic mass is 32.1. The molecule has 8 heteroatoms. The van der Waals surface area contributed by atoms with Gasteiger partial charge in [-0.05, 0) is 48.1 Å². The molecule has 0 unspecified atom stereocenters. The van der Waals surface area contributed by atoms with Crippen LogP contribution in [0, 0.1) is 10.1 Å². The number of nitro groups is 1. The molecular weight excluding hydrogens is 342 g/mol. The van der Waals surface area contributed by atoms with E-state index in [0.717, 1.165) is 11.3 Å². The number of hydrogen-bond acceptors (Lipinski definition) is 5. The number of rotatable bonds is 5. The van der Waals surface area contributed by atoms with Gasteiger partial charge >= 0.3 is 0 Å². The highest BCUT2D eigenvalue weighted by Crippen LogP contribution is 2.15. The van der Waals surface area contributed by atoms with Crippen molar-refractivity contribution in [2.75, 3.05) is 12.4 Å². The van der Waals surface area contributed by atoms with Crippen LogP contribution in [-0.4, -0.2) is 23.1 Å². The molecule has 0 saturated carbocycles. The van der Waals surface area contributed by atoms with Gasteiger partial charge in [0, 0.05) is 23.9 Å². The van der Waals surface area contributed by atoms with Gasteiger partial charge in [-0.15, -0.1) is 0 Å². The SMILES string of the molecule is COc1ccc(/C=C/C(=O)NC(=S)Nc2ccc([N+](=O)[O-])cc2)cc1. The minimum atomic E-state index is -0.492. The Bertz CT molecular complexity index is 802. The molecule has 25 heavy (non-hydrogen) atoms. The second-order valence-electron chi connectivity index (χ2n) is 4.85. The molecule has 1 amide bonds. The van der Waals surface area contributed by atoms with E-state index >= 15 is 0 Å². The summed E-state index contributed by atoms with van der Waals surface area (Å²) in [7, 11) is 1.58. The summed E-state index contributed by atoms with van der Waals surface area (Å²) in [4.78, 5) is 21.9. The van der Waals surface area contributed by atoms with Crippen LogP contribution in [-0.2, 0) is 4.79 Å². The average molecular weight is 357 g/mol. The molecule has 2 rings (SSSR count). The Hall–Kier alpha value is -3.26. The van der Waals surface area contributed by atoms with E-state index < -0.39 is 10.8 Å². The number of carbonyl (C=O) groups excluding carboxylic acids is 1. The summed E-state index contributed by atoms with van der Waals surface area (Å²) in [6, 6.07) is 12.9. The van der Waals surface area contributed by atoms with E-state index in [0.29, 0.717) is 5.69 Å². The fourth-order valence-corrected chi connectivity index (χ4v) is 2.09. The number of ether oxygens (including phenoxy) is 1. The number of non-ortho nitro benzene ring substituents is 1. The van der Waals surface area contributed by atoms with Crippen molar-refractivity contribution in [1.82, 2.24) is 5.32 Å². The molecule has 0 aliphatic heterocycles. The first-order chi connectivity index (χ1) is 12.0. The molecule has 7 nitrogen and oxygen atoms in total. The Kier molecular flexibility index (Phi) is 6.19. The zero-order chi connectivity index (χ0) is 18.2. The lowest BCUT2D eigenvalue weighted by Gasteiger charge is -2.07. The fourth-order valence-electron chi connectivity index (χ4n) is 1.87. The highest BCUT2D eigenvalue weighted by Gasteiger charge is 2.05. The van der Waals surface area contributed by atoms with Gasteiger partial charge in [-0.2, -0.15) is 0 Å². The largest absolute Gasteiger partial charge is 0.497 e. The van der Waals surface area contributed by atoms with Gasteiger partial charge in [0.2, 0.25) is 5.91 Å². The molecule has 0 aliphatic rings. The van der Waals surface area contributed by atoms with E-state index in [-0.39, 0.29) is 10.8 Å². The molecule has 0 spiro atoms. The van der Waals surface area contributed by atoms with Crippen molar-refractivity contribution < 1.29 is 14.5 Å². The molecule has 0 atom stereocenters. The molecule has 2 aromatic carbocycles. The standard InChI is InChI=1S/C17H15N3O4S/c1-24-15-9-2-12(3-10-15)4-11-16(21)19-17(25)18-13-5-7-14(8-6-13)20(22)23/h2-11H,1H3,(H2,18,19,21,25)/b11-4+. The predicted octanol–water partition coefficient (Wildman–Crippen LogP) is 3.13. The zero-order valence-corrected chi connectivity index (χ0v) is 14.1. The first-order valence-corrected chi connectivity index (χ1v) is 7.57. The van der Waals surface area contributed by atoms with Gasteiger partial charge in [0.25, 0.3) is 5.69 Å². The Labute approximate surface area is 149 Å². The highest BCUT2D eigenvalue weighted by molar-refractivity contribution is 7.80. The first-order valence-electron chi connectivity index (χ1n) is 7.16. The molecule has 0 saturated heterocycles. The van der Waals surface area contributed by atoms with Crippen molar-refractivity contribution in [3.05, 3.63) is 70.3 Å². The van der Waals surface area contributed by atoms with Gasteiger partial charge in [0.15, 0.2) is 5.11 Å². The van der Waals surface area contributed by atoms with Crippen LogP contribution >= 0.6 is 12.2 Å². The fraction of sp³-hybridized carbons (Fsp3) is 0.0588. The number of amides is 1. The molecule has 0 aliphatic carbocycles. The third-order valence-corrected chi connectivity index (χ3v) is 3.32.